The van der Waals surface area contributed by atoms with Crippen molar-refractivity contribution >= 4 is 0 Å². The summed E-state index contributed by atoms with van der Waals surface area (Å²) < 4.78 is 0. The number of nitrogens with zero attached hydrogens (tertiary/aromatic N) is 2. The van der Waals surface area contributed by atoms with Crippen molar-refractivity contribution < 1.29 is 5.11 Å². The van der Waals surface area contributed by atoms with Gasteiger partial charge in [0.25, 0.3) is 0 Å². The molecule has 4 heteroatoms. The second-order valence-electron chi connectivity index (χ2n) is 7.63. The number of nitrogens with one attached hydrogen (secondary N) is 1. The lowest BCUT2D eigenvalue weighted by atomic mass is 9.93. The van der Waals surface area contributed by atoms with Crippen LogP contribution in [0.25, 0.3) is 0 Å². The Morgan fingerprint density at radius 2 is 2.00 bits per heavy atom. The highest BCUT2D eigenvalue weighted by Crippen LogP contribution is 2.22. The molecule has 0 aromatic heterocycles. The summed E-state index contributed by atoms with van der Waals surface area (Å²) in [6, 6.07) is 11.7. The fourth-order valence-corrected chi connectivity index (χ4v) is 4.29. The third-order valence-electron chi connectivity index (χ3n) is 5.79. The SMILES string of the molecule is CCN1CCC(NCC2CC(O)CN2Cc2ccccc2)C(C)C1. The zero-order valence-electron chi connectivity index (χ0n) is 15.2. The van der Waals surface area contributed by atoms with Crippen LogP contribution in [0.3, 0.4) is 0 Å². The van der Waals surface area contributed by atoms with Crippen LogP contribution in [0.5, 0.6) is 0 Å². The summed E-state index contributed by atoms with van der Waals surface area (Å²) in [6.45, 7) is 10.9. The highest BCUT2D eigenvalue weighted by Gasteiger charge is 2.32. The molecule has 2 aliphatic rings. The Labute approximate surface area is 146 Å². The molecular weight excluding hydrogens is 298 g/mol. The number of piperidine rings is 1. The Hall–Kier alpha value is -0.940. The molecule has 2 saturated heterocycles. The monoisotopic (exact) mass is 331 g/mol. The fourth-order valence-electron chi connectivity index (χ4n) is 4.29. The number of hydrogen-bond acceptors (Lipinski definition) is 4. The van der Waals surface area contributed by atoms with E-state index in [1.54, 1.807) is 0 Å². The van der Waals surface area contributed by atoms with Gasteiger partial charge in [0.1, 0.15) is 0 Å². The summed E-state index contributed by atoms with van der Waals surface area (Å²) in [5.41, 5.74) is 1.33. The van der Waals surface area contributed by atoms with Crippen LogP contribution in [0.2, 0.25) is 0 Å². The average molecular weight is 332 g/mol. The minimum absolute atomic E-state index is 0.181. The van der Waals surface area contributed by atoms with Crippen LogP contribution in [0, 0.1) is 5.92 Å². The summed E-state index contributed by atoms with van der Waals surface area (Å²) >= 11 is 0. The summed E-state index contributed by atoms with van der Waals surface area (Å²) in [6.07, 6.45) is 1.95. The van der Waals surface area contributed by atoms with E-state index in [2.05, 4.69) is 59.3 Å². The number of aliphatic hydroxyl groups excluding tert-OH is 1. The third-order valence-corrected chi connectivity index (χ3v) is 5.79. The molecule has 2 fully saturated rings. The van der Waals surface area contributed by atoms with E-state index in [0.29, 0.717) is 18.0 Å². The lowest BCUT2D eigenvalue weighted by molar-refractivity contribution is 0.144. The minimum atomic E-state index is -0.181. The van der Waals surface area contributed by atoms with Gasteiger partial charge < -0.3 is 15.3 Å². The Bertz CT molecular complexity index is 495. The highest BCUT2D eigenvalue weighted by molar-refractivity contribution is 5.15. The van der Waals surface area contributed by atoms with Gasteiger partial charge in [-0.3, -0.25) is 4.90 Å². The number of rotatable bonds is 6. The predicted molar refractivity (Wildman–Crippen MR) is 98.9 cm³/mol. The number of β-amino-alcohol motifs (C(OH)–C–C–N with tert-alkyl or cyclic N) is 1. The topological polar surface area (TPSA) is 38.7 Å². The first kappa shape index (κ1) is 17.9. The van der Waals surface area contributed by atoms with E-state index in [1.165, 1.54) is 25.1 Å². The van der Waals surface area contributed by atoms with Crippen molar-refractivity contribution in [2.75, 3.05) is 32.7 Å². The van der Waals surface area contributed by atoms with Crippen LogP contribution in [0.15, 0.2) is 30.3 Å². The van der Waals surface area contributed by atoms with Crippen LogP contribution in [0.4, 0.5) is 0 Å². The molecule has 1 aromatic rings. The molecule has 0 bridgehead atoms. The molecule has 2 aliphatic heterocycles. The lowest BCUT2D eigenvalue weighted by Gasteiger charge is -2.38. The molecule has 2 heterocycles. The second-order valence-corrected chi connectivity index (χ2v) is 7.63. The number of aliphatic hydroxyl groups is 1. The molecule has 24 heavy (non-hydrogen) atoms. The van der Waals surface area contributed by atoms with Crippen molar-refractivity contribution in [2.45, 2.75) is 51.4 Å². The van der Waals surface area contributed by atoms with Crippen molar-refractivity contribution in [2.24, 2.45) is 5.92 Å². The van der Waals surface area contributed by atoms with E-state index >= 15 is 0 Å². The maximum Gasteiger partial charge on any atom is 0.0682 e. The first-order chi connectivity index (χ1) is 11.7. The Balaban J connectivity index is 1.51. The van der Waals surface area contributed by atoms with Gasteiger partial charge in [-0.2, -0.15) is 0 Å². The van der Waals surface area contributed by atoms with E-state index in [0.717, 1.165) is 32.6 Å². The van der Waals surface area contributed by atoms with Gasteiger partial charge in [0, 0.05) is 38.3 Å². The van der Waals surface area contributed by atoms with E-state index in [4.69, 9.17) is 0 Å². The molecule has 0 radical (unpaired) electrons. The van der Waals surface area contributed by atoms with Crippen molar-refractivity contribution in [3.05, 3.63) is 35.9 Å². The van der Waals surface area contributed by atoms with Gasteiger partial charge in [0.15, 0.2) is 0 Å². The van der Waals surface area contributed by atoms with Gasteiger partial charge in [0.2, 0.25) is 0 Å². The van der Waals surface area contributed by atoms with E-state index < -0.39 is 0 Å². The van der Waals surface area contributed by atoms with Gasteiger partial charge in [-0.25, -0.2) is 0 Å². The summed E-state index contributed by atoms with van der Waals surface area (Å²) in [5, 5.41) is 13.9. The number of likely N-dealkylation sites (tertiary alicyclic amines) is 2. The zero-order chi connectivity index (χ0) is 16.9. The minimum Gasteiger partial charge on any atom is -0.392 e. The van der Waals surface area contributed by atoms with Gasteiger partial charge >= 0.3 is 0 Å². The maximum absolute atomic E-state index is 10.1. The van der Waals surface area contributed by atoms with Crippen molar-refractivity contribution in [3.63, 3.8) is 0 Å². The highest BCUT2D eigenvalue weighted by atomic mass is 16.3. The molecule has 0 amide bonds. The largest absolute Gasteiger partial charge is 0.392 e. The summed E-state index contributed by atoms with van der Waals surface area (Å²) in [7, 11) is 0. The van der Waals surface area contributed by atoms with Crippen LogP contribution < -0.4 is 5.32 Å². The van der Waals surface area contributed by atoms with E-state index in [9.17, 15) is 5.11 Å². The maximum atomic E-state index is 10.1. The Kier molecular flexibility index (Phi) is 6.28. The summed E-state index contributed by atoms with van der Waals surface area (Å²) in [4.78, 5) is 4.99. The second kappa shape index (κ2) is 8.43. The van der Waals surface area contributed by atoms with Gasteiger partial charge in [-0.05, 0) is 37.4 Å². The zero-order valence-corrected chi connectivity index (χ0v) is 15.2. The molecule has 1 aromatic carbocycles. The molecule has 2 N–H and O–H groups in total. The van der Waals surface area contributed by atoms with E-state index in [1.807, 2.05) is 0 Å². The fraction of sp³-hybridized carbons (Fsp3) is 0.700. The molecule has 4 atom stereocenters. The quantitative estimate of drug-likeness (QED) is 0.836. The van der Waals surface area contributed by atoms with Crippen LogP contribution in [0.1, 0.15) is 32.3 Å². The molecular formula is C20H33N3O. The molecule has 3 rings (SSSR count). The van der Waals surface area contributed by atoms with Gasteiger partial charge in [0.05, 0.1) is 6.10 Å². The molecule has 0 aliphatic carbocycles. The molecule has 0 spiro atoms. The number of benzene rings is 1. The smallest absolute Gasteiger partial charge is 0.0682 e. The predicted octanol–water partition coefficient (Wildman–Crippen LogP) is 1.94. The van der Waals surface area contributed by atoms with Gasteiger partial charge in [-0.1, -0.05) is 44.2 Å². The molecule has 4 nitrogen and oxygen atoms in total. The van der Waals surface area contributed by atoms with Crippen molar-refractivity contribution in [1.82, 2.24) is 15.1 Å². The molecule has 4 unspecified atom stereocenters. The first-order valence-corrected chi connectivity index (χ1v) is 9.57. The molecule has 0 saturated carbocycles. The van der Waals surface area contributed by atoms with Crippen LogP contribution in [-0.4, -0.2) is 65.8 Å². The number of hydrogen-bond donors (Lipinski definition) is 2. The standard InChI is InChI=1S/C20H33N3O/c1-3-22-10-9-20(16(2)13-22)21-12-18-11-19(24)15-23(18)14-17-7-5-4-6-8-17/h4-8,16,18-21,24H,3,9-15H2,1-2H3. The summed E-state index contributed by atoms with van der Waals surface area (Å²) in [5.74, 6) is 0.701. The first-order valence-electron chi connectivity index (χ1n) is 9.57. The average Bonchev–Trinajstić information content (AvgIpc) is 2.94. The third kappa shape index (κ3) is 4.57. The Morgan fingerprint density at radius 1 is 1.21 bits per heavy atom. The van der Waals surface area contributed by atoms with E-state index in [-0.39, 0.29) is 6.10 Å². The van der Waals surface area contributed by atoms with Crippen molar-refractivity contribution in [3.8, 4) is 0 Å². The van der Waals surface area contributed by atoms with Gasteiger partial charge in [-0.15, -0.1) is 0 Å². The van der Waals surface area contributed by atoms with Crippen LogP contribution >= 0.6 is 0 Å². The normalized spacial score (nSPS) is 32.3. The van der Waals surface area contributed by atoms with Crippen LogP contribution in [-0.2, 0) is 6.54 Å². The molecule has 134 valence electrons. The van der Waals surface area contributed by atoms with Crippen molar-refractivity contribution in [1.29, 1.82) is 0 Å². The lowest BCUT2D eigenvalue weighted by Crippen LogP contribution is -2.50. The Morgan fingerprint density at radius 3 is 2.71 bits per heavy atom.